The summed E-state index contributed by atoms with van der Waals surface area (Å²) in [6.07, 6.45) is 7.94. The zero-order valence-corrected chi connectivity index (χ0v) is 11.6. The maximum Gasteiger partial charge on any atom is 0.124 e. The average molecular weight is 247 g/mol. The van der Waals surface area contributed by atoms with Crippen LogP contribution in [0.15, 0.2) is 24.3 Å². The van der Waals surface area contributed by atoms with Crippen LogP contribution in [-0.4, -0.2) is 13.2 Å². The summed E-state index contributed by atoms with van der Waals surface area (Å²) in [4.78, 5) is 0. The lowest BCUT2D eigenvalue weighted by Crippen LogP contribution is -2.22. The van der Waals surface area contributed by atoms with Gasteiger partial charge in [0, 0.05) is 11.6 Å². The minimum atomic E-state index is 0.393. The largest absolute Gasteiger partial charge is 0.490 e. The lowest BCUT2D eigenvalue weighted by atomic mass is 9.97. The van der Waals surface area contributed by atoms with Gasteiger partial charge in [-0.15, -0.1) is 0 Å². The molecule has 2 rings (SSSR count). The second kappa shape index (κ2) is 6.79. The van der Waals surface area contributed by atoms with Gasteiger partial charge >= 0.3 is 0 Å². The molecule has 1 N–H and O–H groups in total. The van der Waals surface area contributed by atoms with E-state index in [1.165, 1.54) is 37.7 Å². The van der Waals surface area contributed by atoms with Gasteiger partial charge < -0.3 is 10.1 Å². The minimum absolute atomic E-state index is 0.393. The lowest BCUT2D eigenvalue weighted by molar-refractivity contribution is 0.152. The summed E-state index contributed by atoms with van der Waals surface area (Å²) in [7, 11) is 2.02. The highest BCUT2D eigenvalue weighted by molar-refractivity contribution is 5.36. The van der Waals surface area contributed by atoms with Gasteiger partial charge in [-0.2, -0.15) is 0 Å². The average Bonchev–Trinajstić information content (AvgIpc) is 2.43. The van der Waals surface area contributed by atoms with Gasteiger partial charge in [-0.05, 0) is 45.2 Å². The Kier molecular flexibility index (Phi) is 5.06. The molecule has 1 aliphatic rings. The Hall–Kier alpha value is -1.02. The van der Waals surface area contributed by atoms with E-state index in [4.69, 9.17) is 4.74 Å². The van der Waals surface area contributed by atoms with E-state index in [1.54, 1.807) is 0 Å². The molecule has 0 bridgehead atoms. The van der Waals surface area contributed by atoms with Crippen LogP contribution in [0.5, 0.6) is 5.75 Å². The Morgan fingerprint density at radius 1 is 1.22 bits per heavy atom. The summed E-state index contributed by atoms with van der Waals surface area (Å²) in [5.74, 6) is 1.07. The molecule has 1 fully saturated rings. The molecule has 0 aromatic heterocycles. The number of hydrogen-bond acceptors (Lipinski definition) is 2. The van der Waals surface area contributed by atoms with Crippen molar-refractivity contribution >= 4 is 0 Å². The molecule has 0 spiro atoms. The smallest absolute Gasteiger partial charge is 0.124 e. The maximum absolute atomic E-state index is 6.23. The fourth-order valence-corrected chi connectivity index (χ4v) is 2.82. The Morgan fingerprint density at radius 2 is 1.94 bits per heavy atom. The van der Waals surface area contributed by atoms with E-state index in [1.807, 2.05) is 7.05 Å². The number of ether oxygens (including phenoxy) is 1. The molecule has 1 aromatic rings. The monoisotopic (exact) mass is 247 g/mol. The first kappa shape index (κ1) is 13.4. The zero-order valence-electron chi connectivity index (χ0n) is 11.6. The zero-order chi connectivity index (χ0) is 12.8. The van der Waals surface area contributed by atoms with Gasteiger partial charge in [-0.1, -0.05) is 31.5 Å². The van der Waals surface area contributed by atoms with Crippen LogP contribution in [0, 0.1) is 0 Å². The highest BCUT2D eigenvalue weighted by Gasteiger charge is 2.18. The molecule has 1 atom stereocenters. The molecule has 0 amide bonds. The van der Waals surface area contributed by atoms with E-state index in [2.05, 4.69) is 36.5 Å². The van der Waals surface area contributed by atoms with Crippen LogP contribution in [-0.2, 0) is 0 Å². The topological polar surface area (TPSA) is 21.3 Å². The molecule has 0 aliphatic heterocycles. The molecule has 0 heterocycles. The second-order valence-electron chi connectivity index (χ2n) is 5.17. The Morgan fingerprint density at radius 3 is 2.61 bits per heavy atom. The maximum atomic E-state index is 6.23. The molecule has 0 saturated heterocycles. The van der Waals surface area contributed by atoms with E-state index < -0.39 is 0 Å². The van der Waals surface area contributed by atoms with Crippen LogP contribution in [0.25, 0.3) is 0 Å². The van der Waals surface area contributed by atoms with Crippen molar-refractivity contribution in [2.24, 2.45) is 0 Å². The number of benzene rings is 1. The predicted molar refractivity (Wildman–Crippen MR) is 76.0 cm³/mol. The first-order chi connectivity index (χ1) is 8.85. The van der Waals surface area contributed by atoms with Gasteiger partial charge in [-0.3, -0.25) is 0 Å². The quantitative estimate of drug-likeness (QED) is 0.847. The minimum Gasteiger partial charge on any atom is -0.490 e. The van der Waals surface area contributed by atoms with Crippen LogP contribution in [0.4, 0.5) is 0 Å². The van der Waals surface area contributed by atoms with Crippen LogP contribution >= 0.6 is 0 Å². The van der Waals surface area contributed by atoms with Crippen LogP contribution in [0.3, 0.4) is 0 Å². The van der Waals surface area contributed by atoms with Crippen LogP contribution < -0.4 is 10.1 Å². The molecule has 2 heteroatoms. The number of para-hydroxylation sites is 1. The fraction of sp³-hybridized carbons (Fsp3) is 0.625. The first-order valence-electron chi connectivity index (χ1n) is 7.28. The van der Waals surface area contributed by atoms with Crippen molar-refractivity contribution in [1.82, 2.24) is 5.32 Å². The van der Waals surface area contributed by atoms with E-state index in [9.17, 15) is 0 Å². The van der Waals surface area contributed by atoms with Gasteiger partial charge in [0.1, 0.15) is 5.75 Å². The Bertz CT molecular complexity index is 354. The van der Waals surface area contributed by atoms with E-state index in [0.29, 0.717) is 12.1 Å². The SMILES string of the molecule is CCC(NC)c1ccccc1OC1CCCCC1. The highest BCUT2D eigenvalue weighted by Crippen LogP contribution is 2.30. The lowest BCUT2D eigenvalue weighted by Gasteiger charge is -2.26. The number of rotatable bonds is 5. The molecule has 18 heavy (non-hydrogen) atoms. The third-order valence-electron chi connectivity index (χ3n) is 3.90. The molecular weight excluding hydrogens is 222 g/mol. The Balaban J connectivity index is 2.10. The Labute approximate surface area is 111 Å². The fourth-order valence-electron chi connectivity index (χ4n) is 2.82. The van der Waals surface area contributed by atoms with Crippen LogP contribution in [0.2, 0.25) is 0 Å². The van der Waals surface area contributed by atoms with Gasteiger partial charge in [0.15, 0.2) is 0 Å². The summed E-state index contributed by atoms with van der Waals surface area (Å²) >= 11 is 0. The molecule has 100 valence electrons. The number of nitrogens with one attached hydrogen (secondary N) is 1. The first-order valence-corrected chi connectivity index (χ1v) is 7.28. The van der Waals surface area contributed by atoms with Crippen molar-refractivity contribution in [3.8, 4) is 5.75 Å². The molecule has 1 unspecified atom stereocenters. The van der Waals surface area contributed by atoms with E-state index >= 15 is 0 Å². The summed E-state index contributed by atoms with van der Waals surface area (Å²) in [6.45, 7) is 2.21. The van der Waals surface area contributed by atoms with Crippen molar-refractivity contribution in [2.75, 3.05) is 7.05 Å². The van der Waals surface area contributed by atoms with Crippen molar-refractivity contribution in [3.05, 3.63) is 29.8 Å². The number of hydrogen-bond donors (Lipinski definition) is 1. The summed E-state index contributed by atoms with van der Waals surface area (Å²) in [5.41, 5.74) is 1.30. The third-order valence-corrected chi connectivity index (χ3v) is 3.90. The predicted octanol–water partition coefficient (Wildman–Crippen LogP) is 4.07. The summed E-state index contributed by atoms with van der Waals surface area (Å²) < 4.78 is 6.23. The molecule has 1 saturated carbocycles. The van der Waals surface area contributed by atoms with Crippen molar-refractivity contribution in [2.45, 2.75) is 57.6 Å². The molecule has 1 aliphatic carbocycles. The molecule has 0 radical (unpaired) electrons. The molecule has 2 nitrogen and oxygen atoms in total. The highest BCUT2D eigenvalue weighted by atomic mass is 16.5. The second-order valence-corrected chi connectivity index (χ2v) is 5.17. The normalized spacial score (nSPS) is 18.6. The summed E-state index contributed by atoms with van der Waals surface area (Å²) in [5, 5.41) is 3.37. The van der Waals surface area contributed by atoms with Gasteiger partial charge in [0.2, 0.25) is 0 Å². The van der Waals surface area contributed by atoms with Gasteiger partial charge in [-0.25, -0.2) is 0 Å². The van der Waals surface area contributed by atoms with Crippen molar-refractivity contribution in [1.29, 1.82) is 0 Å². The third kappa shape index (κ3) is 3.26. The van der Waals surface area contributed by atoms with Crippen LogP contribution in [0.1, 0.15) is 57.1 Å². The van der Waals surface area contributed by atoms with Crippen molar-refractivity contribution < 1.29 is 4.74 Å². The van der Waals surface area contributed by atoms with Crippen molar-refractivity contribution in [3.63, 3.8) is 0 Å². The summed E-state index contributed by atoms with van der Waals surface area (Å²) in [6, 6.07) is 8.87. The molecule has 1 aromatic carbocycles. The molecular formula is C16H25NO. The standard InChI is InChI=1S/C16H25NO/c1-3-15(17-2)14-11-7-8-12-16(14)18-13-9-5-4-6-10-13/h7-8,11-13,15,17H,3-6,9-10H2,1-2H3. The van der Waals surface area contributed by atoms with E-state index in [-0.39, 0.29) is 0 Å². The van der Waals surface area contributed by atoms with E-state index in [0.717, 1.165) is 12.2 Å². The van der Waals surface area contributed by atoms with Gasteiger partial charge in [0.25, 0.3) is 0 Å². The van der Waals surface area contributed by atoms with Gasteiger partial charge in [0.05, 0.1) is 6.10 Å².